The molecule has 0 aliphatic carbocycles. The van der Waals surface area contributed by atoms with E-state index in [1.807, 2.05) is 27.7 Å². The van der Waals surface area contributed by atoms with E-state index in [0.29, 0.717) is 26.4 Å². The van der Waals surface area contributed by atoms with E-state index >= 15 is 0 Å². The van der Waals surface area contributed by atoms with E-state index in [0.717, 1.165) is 0 Å². The van der Waals surface area contributed by atoms with Crippen LogP contribution in [0.2, 0.25) is 0 Å². The molecule has 0 atom stereocenters. The van der Waals surface area contributed by atoms with Gasteiger partial charge in [0.1, 0.15) is 0 Å². The molecule has 122 valence electrons. The lowest BCUT2D eigenvalue weighted by Gasteiger charge is -2.37. The van der Waals surface area contributed by atoms with Gasteiger partial charge in [-0.1, -0.05) is 34.3 Å². The Bertz CT molecular complexity index is 497. The first kappa shape index (κ1) is 17.4. The van der Waals surface area contributed by atoms with Crippen molar-refractivity contribution in [2.75, 3.05) is 32.6 Å². The van der Waals surface area contributed by atoms with Crippen molar-refractivity contribution in [2.24, 2.45) is 10.8 Å². The molecule has 21 heavy (non-hydrogen) atoms. The molecule has 2 heterocycles. The van der Waals surface area contributed by atoms with Gasteiger partial charge in [0.05, 0.1) is 32.6 Å². The van der Waals surface area contributed by atoms with Gasteiger partial charge in [0.25, 0.3) is 0 Å². The average molecular weight is 338 g/mol. The summed E-state index contributed by atoms with van der Waals surface area (Å²) in [4.78, 5) is 0. The van der Waals surface area contributed by atoms with Crippen molar-refractivity contribution in [2.45, 2.75) is 27.7 Å². The second-order valence-electron chi connectivity index (χ2n) is 7.25. The third-order valence-corrected chi connectivity index (χ3v) is 7.25. The van der Waals surface area contributed by atoms with Crippen LogP contribution in [-0.4, -0.2) is 32.6 Å². The molecule has 0 aromatic carbocycles. The lowest BCUT2D eigenvalue weighted by molar-refractivity contribution is 0.0397. The maximum Gasteiger partial charge on any atom is 0.357 e. The van der Waals surface area contributed by atoms with E-state index in [9.17, 15) is 9.13 Å². The van der Waals surface area contributed by atoms with Crippen LogP contribution in [0, 0.1) is 10.8 Å². The minimum absolute atomic E-state index is 0.138. The Labute approximate surface area is 126 Å². The molecule has 2 aliphatic rings. The summed E-state index contributed by atoms with van der Waals surface area (Å²) in [7, 11) is -6.78. The molecule has 6 nitrogen and oxygen atoms in total. The van der Waals surface area contributed by atoms with Gasteiger partial charge in [0, 0.05) is 16.1 Å². The molecule has 2 saturated heterocycles. The SMILES string of the molecule is C=C(CP1(=O)OCC(C)(C)CO1)P1(=O)OCC(C)(C)CO1. The molecule has 0 amide bonds. The Hall–Kier alpha value is 0.0400. The van der Waals surface area contributed by atoms with Gasteiger partial charge in [-0.15, -0.1) is 0 Å². The van der Waals surface area contributed by atoms with Crippen molar-refractivity contribution in [1.82, 2.24) is 0 Å². The molecule has 0 saturated carbocycles. The summed E-state index contributed by atoms with van der Waals surface area (Å²) in [5.74, 6) is 0. The summed E-state index contributed by atoms with van der Waals surface area (Å²) in [6, 6.07) is 0. The van der Waals surface area contributed by atoms with Crippen molar-refractivity contribution >= 4 is 15.2 Å². The number of allylic oxidation sites excluding steroid dienone is 1. The molecule has 0 bridgehead atoms. The molecule has 2 fully saturated rings. The first-order chi connectivity index (χ1) is 9.46. The van der Waals surface area contributed by atoms with Crippen molar-refractivity contribution < 1.29 is 27.2 Å². The summed E-state index contributed by atoms with van der Waals surface area (Å²) in [6.45, 7) is 12.8. The van der Waals surface area contributed by atoms with Crippen LogP contribution in [0.1, 0.15) is 27.7 Å². The first-order valence-corrected chi connectivity index (χ1v) is 10.2. The Kier molecular flexibility index (Phi) is 4.63. The van der Waals surface area contributed by atoms with Crippen LogP contribution in [0.5, 0.6) is 0 Å². The smallest absolute Gasteiger partial charge is 0.308 e. The van der Waals surface area contributed by atoms with Crippen molar-refractivity contribution in [3.8, 4) is 0 Å². The summed E-state index contributed by atoms with van der Waals surface area (Å²) in [5.41, 5.74) is -0.373. The fourth-order valence-electron chi connectivity index (χ4n) is 1.81. The van der Waals surface area contributed by atoms with E-state index in [1.54, 1.807) is 0 Å². The molecule has 0 N–H and O–H groups in total. The maximum atomic E-state index is 12.6. The molecule has 0 aromatic heterocycles. The first-order valence-electron chi connectivity index (χ1n) is 6.91. The van der Waals surface area contributed by atoms with E-state index < -0.39 is 15.2 Å². The van der Waals surface area contributed by atoms with Gasteiger partial charge in [0.15, 0.2) is 0 Å². The zero-order valence-corrected chi connectivity index (χ0v) is 14.9. The third kappa shape index (κ3) is 4.28. The van der Waals surface area contributed by atoms with Gasteiger partial charge in [-0.25, -0.2) is 0 Å². The zero-order valence-electron chi connectivity index (χ0n) is 13.1. The van der Waals surface area contributed by atoms with Crippen LogP contribution >= 0.6 is 15.2 Å². The highest BCUT2D eigenvalue weighted by atomic mass is 31.2. The van der Waals surface area contributed by atoms with Crippen LogP contribution in [-0.2, 0) is 27.2 Å². The van der Waals surface area contributed by atoms with E-state index in [1.165, 1.54) is 0 Å². The van der Waals surface area contributed by atoms with Crippen LogP contribution < -0.4 is 0 Å². The Morgan fingerprint density at radius 3 is 1.71 bits per heavy atom. The van der Waals surface area contributed by atoms with Crippen LogP contribution in [0.25, 0.3) is 0 Å². The summed E-state index contributed by atoms with van der Waals surface area (Å²) >= 11 is 0. The topological polar surface area (TPSA) is 71.1 Å². The van der Waals surface area contributed by atoms with Gasteiger partial charge in [0.2, 0.25) is 0 Å². The fraction of sp³-hybridized carbons (Fsp3) is 0.846. The van der Waals surface area contributed by atoms with Crippen molar-refractivity contribution in [3.05, 3.63) is 11.9 Å². The predicted molar refractivity (Wildman–Crippen MR) is 80.6 cm³/mol. The Morgan fingerprint density at radius 2 is 1.29 bits per heavy atom. The number of rotatable bonds is 3. The normalized spacial score (nSPS) is 29.7. The van der Waals surface area contributed by atoms with Crippen molar-refractivity contribution in [3.63, 3.8) is 0 Å². The third-order valence-electron chi connectivity index (χ3n) is 3.32. The molecule has 0 radical (unpaired) electrons. The molecule has 2 aliphatic heterocycles. The molecule has 0 unspecified atom stereocenters. The van der Waals surface area contributed by atoms with Gasteiger partial charge in [-0.05, 0) is 0 Å². The standard InChI is InChI=1S/C13H24O6P2/c1-11(21(15)18-9-13(4,5)10-19-21)6-20(14)16-7-12(2,3)8-17-20/h1,6-10H2,2-5H3. The molecule has 0 aromatic rings. The lowest BCUT2D eigenvalue weighted by atomic mass is 9.97. The summed E-state index contributed by atoms with van der Waals surface area (Å²) < 4.78 is 46.6. The van der Waals surface area contributed by atoms with Crippen LogP contribution in [0.15, 0.2) is 11.9 Å². The van der Waals surface area contributed by atoms with Crippen LogP contribution in [0.4, 0.5) is 0 Å². The number of hydrogen-bond donors (Lipinski definition) is 0. The highest BCUT2D eigenvalue weighted by molar-refractivity contribution is 7.61. The second kappa shape index (κ2) is 5.59. The fourth-order valence-corrected chi connectivity index (χ4v) is 6.30. The maximum absolute atomic E-state index is 12.6. The molecule has 2 rings (SSSR count). The Balaban J connectivity index is 1.99. The molecular weight excluding hydrogens is 314 g/mol. The van der Waals surface area contributed by atoms with E-state index in [-0.39, 0.29) is 22.3 Å². The minimum atomic E-state index is -3.45. The minimum Gasteiger partial charge on any atom is -0.308 e. The van der Waals surface area contributed by atoms with Gasteiger partial charge >= 0.3 is 15.2 Å². The molecular formula is C13H24O6P2. The van der Waals surface area contributed by atoms with E-state index in [2.05, 4.69) is 6.58 Å². The van der Waals surface area contributed by atoms with E-state index in [4.69, 9.17) is 18.1 Å². The summed E-state index contributed by atoms with van der Waals surface area (Å²) in [6.07, 6.45) is -0.138. The van der Waals surface area contributed by atoms with Gasteiger partial charge in [-0.2, -0.15) is 0 Å². The van der Waals surface area contributed by atoms with Gasteiger partial charge in [-0.3, -0.25) is 9.13 Å². The van der Waals surface area contributed by atoms with Crippen molar-refractivity contribution in [1.29, 1.82) is 0 Å². The Morgan fingerprint density at radius 1 is 0.905 bits per heavy atom. The predicted octanol–water partition coefficient (Wildman–Crippen LogP) is 4.03. The van der Waals surface area contributed by atoms with Crippen LogP contribution in [0.3, 0.4) is 0 Å². The summed E-state index contributed by atoms with van der Waals surface area (Å²) in [5, 5.41) is 0.154. The zero-order chi connectivity index (χ0) is 15.9. The second-order valence-corrected chi connectivity index (χ2v) is 11.5. The lowest BCUT2D eigenvalue weighted by Crippen LogP contribution is -2.31. The molecule has 0 spiro atoms. The highest BCUT2D eigenvalue weighted by Gasteiger charge is 2.44. The van der Waals surface area contributed by atoms with Gasteiger partial charge < -0.3 is 18.1 Å². The number of hydrogen-bond acceptors (Lipinski definition) is 6. The quantitative estimate of drug-likeness (QED) is 0.724. The average Bonchev–Trinajstić information content (AvgIpc) is 2.38. The highest BCUT2D eigenvalue weighted by Crippen LogP contribution is 2.65. The molecule has 8 heteroatoms. The monoisotopic (exact) mass is 338 g/mol. The largest absolute Gasteiger partial charge is 0.357 e.